The normalized spacial score (nSPS) is 8.70. The smallest absolute Gasteiger partial charge is 0.843 e. The maximum Gasteiger partial charge on any atom is 1.00 e. The molecule has 0 aromatic heterocycles. The monoisotopic (exact) mass is 212 g/mol. The summed E-state index contributed by atoms with van der Waals surface area (Å²) in [6.45, 7) is 2.45. The zero-order chi connectivity index (χ0) is 6.78. The first-order valence-electron chi connectivity index (χ1n) is 2.02. The van der Waals surface area contributed by atoms with E-state index < -0.39 is 14.7 Å². The molecule has 0 amide bonds. The molecule has 0 spiro atoms. The Morgan fingerprint density at radius 1 is 1.40 bits per heavy atom. The van der Waals surface area contributed by atoms with E-state index in [4.69, 9.17) is 0 Å². The number of carboxylic acid groups (broad SMARTS) is 1. The molecule has 0 aromatic carbocycles. The molecular weight excluding hydrogens is 206 g/mol. The van der Waals surface area contributed by atoms with Crippen LogP contribution in [0.1, 0.15) is 0 Å². The molecule has 0 rings (SSSR count). The molecule has 0 aromatic rings. The van der Waals surface area contributed by atoms with Crippen LogP contribution >= 0.6 is 0 Å². The van der Waals surface area contributed by atoms with Crippen LogP contribution in [0.25, 0.3) is 0 Å². The van der Waals surface area contributed by atoms with Gasteiger partial charge in [0.1, 0.15) is 0 Å². The Morgan fingerprint density at radius 3 is 1.70 bits per heavy atom. The minimum absolute atomic E-state index is 0. The maximum absolute atomic E-state index is 10.4. The van der Waals surface area contributed by atoms with Crippen molar-refractivity contribution in [1.82, 2.24) is 0 Å². The van der Waals surface area contributed by atoms with Gasteiger partial charge >= 0.3 is 103 Å². The first-order valence-corrected chi connectivity index (χ1v) is 4.84. The topological polar surface area (TPSA) is 72.4 Å². The van der Waals surface area contributed by atoms with Crippen molar-refractivity contribution in [2.24, 2.45) is 0 Å². The van der Waals surface area contributed by atoms with Crippen LogP contribution in [-0.4, -0.2) is 14.7 Å². The first-order chi connectivity index (χ1) is 3.42. The molecule has 10 heavy (non-hydrogen) atoms. The van der Waals surface area contributed by atoms with Crippen LogP contribution in [0, 0.1) is 0 Å². The number of hydrogen-bond donors (Lipinski definition) is 0. The van der Waals surface area contributed by atoms with Crippen molar-refractivity contribution in [3.05, 3.63) is 0 Å². The van der Waals surface area contributed by atoms with Gasteiger partial charge in [0.25, 0.3) is 0 Å². The summed E-state index contributed by atoms with van der Waals surface area (Å²) in [7, 11) is -3.13. The van der Waals surface area contributed by atoms with Crippen molar-refractivity contribution in [3.8, 4) is 0 Å². The molecule has 0 aliphatic carbocycles. The summed E-state index contributed by atoms with van der Waals surface area (Å²) in [6, 6.07) is 0. The van der Waals surface area contributed by atoms with Crippen LogP contribution in [0.5, 0.6) is 0 Å². The molecule has 0 saturated carbocycles. The second kappa shape index (κ2) is 8.32. The van der Waals surface area contributed by atoms with E-state index in [0.29, 0.717) is 0 Å². The molecule has 0 aliphatic rings. The molecule has 7 heteroatoms. The van der Waals surface area contributed by atoms with Crippen LogP contribution in [0.2, 0.25) is 13.1 Å². The molecule has 0 unspecified atom stereocenters. The van der Waals surface area contributed by atoms with Crippen molar-refractivity contribution in [2.45, 2.75) is 13.1 Å². The molecule has 48 valence electrons. The van der Waals surface area contributed by atoms with Crippen LogP contribution in [0.15, 0.2) is 0 Å². The minimum atomic E-state index is -3.13. The van der Waals surface area contributed by atoms with Crippen molar-refractivity contribution in [3.63, 3.8) is 0 Å². The largest absolute Gasteiger partial charge is 1.00 e. The van der Waals surface area contributed by atoms with Gasteiger partial charge in [0.2, 0.25) is 6.16 Å². The Hall–Kier alpha value is 2.72. The third-order valence-corrected chi connectivity index (χ3v) is 0.987. The fraction of sp³-hybridized carbons (Fsp3) is 0.667. The van der Waals surface area contributed by atoms with Gasteiger partial charge in [-0.05, 0) is 0 Å². The molecule has 0 heterocycles. The molecular formula is C3H6K2O4Si. The number of hydrogen-bond acceptors (Lipinski definition) is 4. The maximum atomic E-state index is 10.4. The summed E-state index contributed by atoms with van der Waals surface area (Å²) in [4.78, 5) is 19.9. The Kier molecular flexibility index (Phi) is 15.4. The molecule has 0 saturated heterocycles. The van der Waals surface area contributed by atoms with Gasteiger partial charge in [-0.3, -0.25) is 0 Å². The van der Waals surface area contributed by atoms with Crippen molar-refractivity contribution >= 4 is 14.7 Å². The molecule has 0 aliphatic heterocycles. The van der Waals surface area contributed by atoms with Gasteiger partial charge in [0.05, 0.1) is 8.56 Å². The quantitative estimate of drug-likeness (QED) is 0.405. The summed E-state index contributed by atoms with van der Waals surface area (Å²) in [5.41, 5.74) is 0. The number of rotatable bonds is 1. The average Bonchev–Trinajstić information content (AvgIpc) is 1.21. The summed E-state index contributed by atoms with van der Waals surface area (Å²) < 4.78 is 3.83. The Morgan fingerprint density at radius 2 is 1.70 bits per heavy atom. The zero-order valence-electron chi connectivity index (χ0n) is 6.63. The van der Waals surface area contributed by atoms with E-state index in [-0.39, 0.29) is 103 Å². The van der Waals surface area contributed by atoms with E-state index in [2.05, 4.69) is 4.43 Å². The predicted octanol–water partition coefficient (Wildman–Crippen LogP) is -7.58. The summed E-state index contributed by atoms with van der Waals surface area (Å²) in [5.74, 6) is 0. The molecule has 0 atom stereocenters. The fourth-order valence-electron chi connectivity index (χ4n) is 0.201. The van der Waals surface area contributed by atoms with Crippen molar-refractivity contribution < 1.29 is 122 Å². The zero-order valence-corrected chi connectivity index (χ0v) is 13.9. The summed E-state index contributed by atoms with van der Waals surface area (Å²) in [5, 5.41) is 9.52. The molecule has 0 N–H and O–H groups in total. The second-order valence-corrected chi connectivity index (χ2v) is 4.76. The Bertz CT molecular complexity index is 101. The third-order valence-electron chi connectivity index (χ3n) is 0.329. The van der Waals surface area contributed by atoms with Crippen LogP contribution in [0.3, 0.4) is 0 Å². The van der Waals surface area contributed by atoms with E-state index in [1.165, 1.54) is 13.1 Å². The third kappa shape index (κ3) is 17.0. The standard InChI is InChI=1S/C3H7O4Si.2K/c1-8(2,6)7-3(4)5;;/h1-2H3,(H,4,5);;/q-1;2*+1/p-1. The van der Waals surface area contributed by atoms with Gasteiger partial charge in [-0.1, -0.05) is 13.1 Å². The SMILES string of the molecule is C[Si](C)([O-])OC(=O)[O-].[K+].[K+]. The predicted molar refractivity (Wildman–Crippen MR) is 24.0 cm³/mol. The minimum Gasteiger partial charge on any atom is -0.843 e. The van der Waals surface area contributed by atoms with Crippen LogP contribution < -0.4 is 113 Å². The van der Waals surface area contributed by atoms with Gasteiger partial charge in [0, 0.05) is 0 Å². The van der Waals surface area contributed by atoms with Gasteiger partial charge in [-0.15, -0.1) is 0 Å². The molecule has 0 bridgehead atoms. The van der Waals surface area contributed by atoms with E-state index >= 15 is 0 Å². The summed E-state index contributed by atoms with van der Waals surface area (Å²) >= 11 is 0. The summed E-state index contributed by atoms with van der Waals surface area (Å²) in [6.07, 6.45) is -1.73. The first kappa shape index (κ1) is 18.5. The Balaban J connectivity index is -0.000000245. The van der Waals surface area contributed by atoms with Gasteiger partial charge < -0.3 is 19.1 Å². The fourth-order valence-corrected chi connectivity index (χ4v) is 0.602. The number of carbonyl (C=O) groups excluding carboxylic acids is 1. The van der Waals surface area contributed by atoms with Crippen molar-refractivity contribution in [1.29, 1.82) is 0 Å². The Labute approximate surface area is 146 Å². The van der Waals surface area contributed by atoms with Crippen molar-refractivity contribution in [2.75, 3.05) is 0 Å². The molecule has 0 radical (unpaired) electrons. The van der Waals surface area contributed by atoms with E-state index in [0.717, 1.165) is 0 Å². The van der Waals surface area contributed by atoms with Crippen LogP contribution in [0.4, 0.5) is 4.79 Å². The van der Waals surface area contributed by atoms with Crippen LogP contribution in [-0.2, 0) is 4.43 Å². The molecule has 4 nitrogen and oxygen atoms in total. The van der Waals surface area contributed by atoms with E-state index in [1.54, 1.807) is 0 Å². The second-order valence-electron chi connectivity index (χ2n) is 1.75. The van der Waals surface area contributed by atoms with Gasteiger partial charge in [0.15, 0.2) is 0 Å². The molecule has 0 fully saturated rings. The van der Waals surface area contributed by atoms with E-state index in [9.17, 15) is 14.7 Å². The number of carbonyl (C=O) groups is 1. The van der Waals surface area contributed by atoms with Gasteiger partial charge in [-0.2, -0.15) is 0 Å². The van der Waals surface area contributed by atoms with Gasteiger partial charge in [-0.25, -0.2) is 0 Å². The van der Waals surface area contributed by atoms with E-state index in [1.807, 2.05) is 0 Å². The average molecular weight is 212 g/mol.